The van der Waals surface area contributed by atoms with Gasteiger partial charge in [-0.3, -0.25) is 0 Å². The van der Waals surface area contributed by atoms with Crippen LogP contribution in [0.1, 0.15) is 19.6 Å². The lowest BCUT2D eigenvalue weighted by molar-refractivity contribution is -0.137. The smallest absolute Gasteiger partial charge is 0.331 e. The second-order valence-corrected chi connectivity index (χ2v) is 3.73. The van der Waals surface area contributed by atoms with Gasteiger partial charge in [-0.2, -0.15) is 0 Å². The van der Waals surface area contributed by atoms with E-state index in [1.54, 1.807) is 6.92 Å². The summed E-state index contributed by atoms with van der Waals surface area (Å²) in [5, 5.41) is 1.03. The third kappa shape index (κ3) is 2.56. The third-order valence-corrected chi connectivity index (χ3v) is 2.44. The number of hydrogen-bond acceptors (Lipinski definition) is 3. The predicted molar refractivity (Wildman–Crippen MR) is 66.5 cm³/mol. The van der Waals surface area contributed by atoms with Crippen LogP contribution < -0.4 is 0 Å². The average Bonchev–Trinajstić information content (AvgIpc) is 2.72. The van der Waals surface area contributed by atoms with E-state index in [-0.39, 0.29) is 5.97 Å². The van der Waals surface area contributed by atoms with Crippen LogP contribution in [0.25, 0.3) is 16.5 Å². The summed E-state index contributed by atoms with van der Waals surface area (Å²) in [5.74, 6) is 0.352. The molecule has 0 saturated heterocycles. The molecule has 0 saturated carbocycles. The minimum Gasteiger partial charge on any atom is -0.463 e. The fraction of sp³-hybridized carbons (Fsp3) is 0.214. The number of furan rings is 1. The quantitative estimate of drug-likeness (QED) is 0.599. The van der Waals surface area contributed by atoms with Crippen LogP contribution in [0.3, 0.4) is 0 Å². The van der Waals surface area contributed by atoms with Crippen LogP contribution in [0.4, 0.5) is 0 Å². The maximum Gasteiger partial charge on any atom is 0.331 e. The van der Waals surface area contributed by atoms with E-state index in [1.807, 2.05) is 37.3 Å². The number of esters is 1. The molecule has 3 heteroatoms. The van der Waals surface area contributed by atoms with Crippen molar-refractivity contribution in [3.63, 3.8) is 0 Å². The van der Waals surface area contributed by atoms with Crippen molar-refractivity contribution in [1.29, 1.82) is 0 Å². The molecular weight excluding hydrogens is 216 g/mol. The van der Waals surface area contributed by atoms with Gasteiger partial charge >= 0.3 is 5.97 Å². The Hall–Kier alpha value is -2.03. The third-order valence-electron chi connectivity index (χ3n) is 2.44. The molecule has 1 aromatic heterocycles. The van der Waals surface area contributed by atoms with Gasteiger partial charge < -0.3 is 9.15 Å². The van der Waals surface area contributed by atoms with Crippen LogP contribution in [0.2, 0.25) is 0 Å². The second kappa shape index (κ2) is 4.87. The van der Waals surface area contributed by atoms with E-state index in [9.17, 15) is 4.79 Å². The van der Waals surface area contributed by atoms with Crippen LogP contribution >= 0.6 is 0 Å². The molecule has 2 aromatic rings. The molecule has 1 heterocycles. The number of ether oxygens (including phenoxy) is 1. The van der Waals surface area contributed by atoms with Gasteiger partial charge in [0.25, 0.3) is 0 Å². The summed E-state index contributed by atoms with van der Waals surface area (Å²) in [4.78, 5) is 11.3. The summed E-state index contributed by atoms with van der Waals surface area (Å²) in [5.41, 5.74) is 1.58. The lowest BCUT2D eigenvalue weighted by Gasteiger charge is -1.97. The summed E-state index contributed by atoms with van der Waals surface area (Å²) in [6.45, 7) is 3.99. The van der Waals surface area contributed by atoms with Gasteiger partial charge in [-0.05, 0) is 31.6 Å². The first-order chi connectivity index (χ1) is 8.20. The van der Waals surface area contributed by atoms with Gasteiger partial charge in [-0.25, -0.2) is 4.79 Å². The highest BCUT2D eigenvalue weighted by atomic mass is 16.5. The summed E-state index contributed by atoms with van der Waals surface area (Å²) >= 11 is 0. The van der Waals surface area contributed by atoms with E-state index in [2.05, 4.69) is 0 Å². The molecule has 0 aliphatic carbocycles. The van der Waals surface area contributed by atoms with Gasteiger partial charge in [0.15, 0.2) is 0 Å². The predicted octanol–water partition coefficient (Wildman–Crippen LogP) is 3.40. The van der Waals surface area contributed by atoms with Crippen molar-refractivity contribution in [2.45, 2.75) is 13.8 Å². The second-order valence-electron chi connectivity index (χ2n) is 3.73. The zero-order valence-corrected chi connectivity index (χ0v) is 9.90. The Labute approximate surface area is 99.7 Å². The Morgan fingerprint density at radius 3 is 2.88 bits per heavy atom. The monoisotopic (exact) mass is 230 g/mol. The number of allylic oxidation sites excluding steroid dienone is 1. The number of carbonyl (C=O) groups is 1. The topological polar surface area (TPSA) is 39.4 Å². The van der Waals surface area contributed by atoms with Crippen molar-refractivity contribution >= 4 is 22.5 Å². The van der Waals surface area contributed by atoms with E-state index in [1.165, 1.54) is 6.08 Å². The molecule has 0 spiro atoms. The number of para-hydroxylation sites is 1. The van der Waals surface area contributed by atoms with E-state index in [0.29, 0.717) is 12.4 Å². The highest BCUT2D eigenvalue weighted by Gasteiger charge is 2.06. The van der Waals surface area contributed by atoms with Crippen LogP contribution in [0.5, 0.6) is 0 Å². The SMILES string of the molecule is CCOC(=O)/C=C(/C)c1cc2ccccc2o1. The minimum atomic E-state index is -0.342. The Kier molecular flexibility index (Phi) is 3.28. The Morgan fingerprint density at radius 1 is 1.41 bits per heavy atom. The van der Waals surface area contributed by atoms with Gasteiger partial charge in [0.1, 0.15) is 11.3 Å². The first-order valence-electron chi connectivity index (χ1n) is 5.54. The fourth-order valence-corrected chi connectivity index (χ4v) is 1.61. The zero-order chi connectivity index (χ0) is 12.3. The normalized spacial score (nSPS) is 11.8. The number of benzene rings is 1. The molecule has 0 N–H and O–H groups in total. The van der Waals surface area contributed by atoms with E-state index in [0.717, 1.165) is 16.5 Å². The number of fused-ring (bicyclic) bond motifs is 1. The molecule has 0 radical (unpaired) electrons. The molecule has 0 unspecified atom stereocenters. The molecule has 2 rings (SSSR count). The number of rotatable bonds is 3. The molecule has 3 nitrogen and oxygen atoms in total. The van der Waals surface area contributed by atoms with Crippen molar-refractivity contribution in [1.82, 2.24) is 0 Å². The summed E-state index contributed by atoms with van der Waals surface area (Å²) < 4.78 is 10.5. The maximum atomic E-state index is 11.3. The molecule has 0 aliphatic heterocycles. The number of carbonyl (C=O) groups excluding carboxylic acids is 1. The van der Waals surface area contributed by atoms with Crippen molar-refractivity contribution in [2.24, 2.45) is 0 Å². The molecule has 0 aliphatic rings. The van der Waals surface area contributed by atoms with Crippen LogP contribution in [-0.2, 0) is 9.53 Å². The molecule has 0 atom stereocenters. The molecular formula is C14H14O3. The molecule has 0 amide bonds. The lowest BCUT2D eigenvalue weighted by Crippen LogP contribution is -1.99. The Morgan fingerprint density at radius 2 is 2.18 bits per heavy atom. The van der Waals surface area contributed by atoms with Gasteiger partial charge in [-0.15, -0.1) is 0 Å². The first-order valence-corrected chi connectivity index (χ1v) is 5.54. The zero-order valence-electron chi connectivity index (χ0n) is 9.90. The number of hydrogen-bond donors (Lipinski definition) is 0. The van der Waals surface area contributed by atoms with E-state index in [4.69, 9.17) is 9.15 Å². The fourth-order valence-electron chi connectivity index (χ4n) is 1.61. The minimum absolute atomic E-state index is 0.342. The largest absolute Gasteiger partial charge is 0.463 e. The standard InChI is InChI=1S/C14H14O3/c1-3-16-14(15)8-10(2)13-9-11-6-4-5-7-12(11)17-13/h4-9H,3H2,1-2H3/b10-8-. The van der Waals surface area contributed by atoms with Crippen LogP contribution in [-0.4, -0.2) is 12.6 Å². The van der Waals surface area contributed by atoms with Crippen molar-refractivity contribution in [3.8, 4) is 0 Å². The van der Waals surface area contributed by atoms with Crippen molar-refractivity contribution < 1.29 is 13.9 Å². The van der Waals surface area contributed by atoms with E-state index >= 15 is 0 Å². The van der Waals surface area contributed by atoms with Gasteiger partial charge in [0.05, 0.1) is 6.61 Å². The summed E-state index contributed by atoms with van der Waals surface area (Å²) in [6, 6.07) is 9.66. The van der Waals surface area contributed by atoms with Crippen molar-refractivity contribution in [2.75, 3.05) is 6.61 Å². The molecule has 0 fully saturated rings. The lowest BCUT2D eigenvalue weighted by atomic mass is 10.2. The van der Waals surface area contributed by atoms with Gasteiger partial charge in [0, 0.05) is 11.5 Å². The van der Waals surface area contributed by atoms with Crippen LogP contribution in [0, 0.1) is 0 Å². The highest BCUT2D eigenvalue weighted by Crippen LogP contribution is 2.24. The highest BCUT2D eigenvalue weighted by molar-refractivity contribution is 5.91. The maximum absolute atomic E-state index is 11.3. The molecule has 0 bridgehead atoms. The Bertz CT molecular complexity index is 531. The summed E-state index contributed by atoms with van der Waals surface area (Å²) in [7, 11) is 0. The average molecular weight is 230 g/mol. The first kappa shape index (κ1) is 11.5. The van der Waals surface area contributed by atoms with Crippen molar-refractivity contribution in [3.05, 3.63) is 42.2 Å². The summed E-state index contributed by atoms with van der Waals surface area (Å²) in [6.07, 6.45) is 1.45. The molecule has 1 aromatic carbocycles. The van der Waals surface area contributed by atoms with Gasteiger partial charge in [0.2, 0.25) is 0 Å². The molecule has 17 heavy (non-hydrogen) atoms. The van der Waals surface area contributed by atoms with Gasteiger partial charge in [-0.1, -0.05) is 18.2 Å². The Balaban J connectivity index is 2.30. The van der Waals surface area contributed by atoms with Crippen LogP contribution in [0.15, 0.2) is 40.8 Å². The molecule has 88 valence electrons. The van der Waals surface area contributed by atoms with E-state index < -0.39 is 0 Å².